The van der Waals surface area contributed by atoms with Crippen LogP contribution in [0.1, 0.15) is 56.1 Å². The second-order valence-electron chi connectivity index (χ2n) is 6.07. The van der Waals surface area contributed by atoms with E-state index >= 15 is 0 Å². The molecule has 0 heterocycles. The second kappa shape index (κ2) is 6.51. The summed E-state index contributed by atoms with van der Waals surface area (Å²) in [5.74, 6) is 1.78. The van der Waals surface area contributed by atoms with Gasteiger partial charge < -0.3 is 5.73 Å². The van der Waals surface area contributed by atoms with Crippen LogP contribution >= 0.6 is 0 Å². The lowest BCUT2D eigenvalue weighted by molar-refractivity contribution is 0.229. The van der Waals surface area contributed by atoms with Gasteiger partial charge in [0.1, 0.15) is 5.82 Å². The van der Waals surface area contributed by atoms with Crippen molar-refractivity contribution in [3.8, 4) is 0 Å². The van der Waals surface area contributed by atoms with Crippen LogP contribution in [0.4, 0.5) is 4.39 Å². The van der Waals surface area contributed by atoms with E-state index in [-0.39, 0.29) is 5.82 Å². The maximum absolute atomic E-state index is 13.3. The van der Waals surface area contributed by atoms with Gasteiger partial charge in [0.05, 0.1) is 0 Å². The van der Waals surface area contributed by atoms with Crippen LogP contribution in [0.25, 0.3) is 0 Å². The second-order valence-corrected chi connectivity index (χ2v) is 6.07. The minimum atomic E-state index is -0.133. The number of hydrogen-bond donors (Lipinski definition) is 1. The van der Waals surface area contributed by atoms with Gasteiger partial charge >= 0.3 is 0 Å². The molecule has 1 aliphatic rings. The lowest BCUT2D eigenvalue weighted by atomic mass is 9.69. The molecule has 106 valence electrons. The first-order valence-corrected chi connectivity index (χ1v) is 7.61. The molecule has 0 aromatic heterocycles. The van der Waals surface area contributed by atoms with Gasteiger partial charge in [-0.1, -0.05) is 32.3 Å². The Labute approximate surface area is 116 Å². The largest absolute Gasteiger partial charge is 0.330 e. The third-order valence-electron chi connectivity index (χ3n) is 4.73. The first-order chi connectivity index (χ1) is 9.15. The van der Waals surface area contributed by atoms with Crippen LogP contribution in [-0.2, 0) is 0 Å². The summed E-state index contributed by atoms with van der Waals surface area (Å²) in [6, 6.07) is 5.23. The Kier molecular flexibility index (Phi) is 4.98. The van der Waals surface area contributed by atoms with E-state index in [0.29, 0.717) is 11.8 Å². The molecule has 1 aliphatic carbocycles. The normalized spacial score (nSPS) is 27.5. The Morgan fingerprint density at radius 2 is 2.11 bits per heavy atom. The molecule has 1 fully saturated rings. The predicted molar refractivity (Wildman–Crippen MR) is 78.7 cm³/mol. The van der Waals surface area contributed by atoms with E-state index in [4.69, 9.17) is 5.73 Å². The third kappa shape index (κ3) is 3.36. The molecule has 1 aromatic carbocycles. The van der Waals surface area contributed by atoms with Crippen LogP contribution in [0.3, 0.4) is 0 Å². The molecule has 1 nitrogen and oxygen atoms in total. The lowest BCUT2D eigenvalue weighted by Gasteiger charge is -2.36. The van der Waals surface area contributed by atoms with E-state index in [9.17, 15) is 4.39 Å². The molecule has 3 unspecified atom stereocenters. The van der Waals surface area contributed by atoms with E-state index in [2.05, 4.69) is 6.92 Å². The first kappa shape index (κ1) is 14.5. The SMILES string of the molecule is CCCC1CCC(CN)C(c2ccc(F)cc2C)C1. The molecule has 1 saturated carbocycles. The van der Waals surface area contributed by atoms with Crippen LogP contribution in [-0.4, -0.2) is 6.54 Å². The molecule has 2 rings (SSSR count). The van der Waals surface area contributed by atoms with Crippen molar-refractivity contribution in [3.05, 3.63) is 35.1 Å². The van der Waals surface area contributed by atoms with Crippen LogP contribution in [0.5, 0.6) is 0 Å². The van der Waals surface area contributed by atoms with Gasteiger partial charge in [-0.3, -0.25) is 0 Å². The van der Waals surface area contributed by atoms with E-state index in [1.807, 2.05) is 13.0 Å². The van der Waals surface area contributed by atoms with Gasteiger partial charge in [0, 0.05) is 0 Å². The van der Waals surface area contributed by atoms with E-state index < -0.39 is 0 Å². The zero-order chi connectivity index (χ0) is 13.8. The number of hydrogen-bond acceptors (Lipinski definition) is 1. The fraction of sp³-hybridized carbons (Fsp3) is 0.647. The third-order valence-corrected chi connectivity index (χ3v) is 4.73. The maximum Gasteiger partial charge on any atom is 0.123 e. The number of benzene rings is 1. The molecular formula is C17H26FN. The molecule has 0 bridgehead atoms. The first-order valence-electron chi connectivity index (χ1n) is 7.61. The van der Waals surface area contributed by atoms with Crippen molar-refractivity contribution in [2.24, 2.45) is 17.6 Å². The summed E-state index contributed by atoms with van der Waals surface area (Å²) < 4.78 is 13.3. The van der Waals surface area contributed by atoms with Gasteiger partial charge in [0.15, 0.2) is 0 Å². The van der Waals surface area contributed by atoms with Crippen molar-refractivity contribution in [2.75, 3.05) is 6.54 Å². The molecule has 0 radical (unpaired) electrons. The number of nitrogens with two attached hydrogens (primary N) is 1. The van der Waals surface area contributed by atoms with Gasteiger partial charge in [-0.2, -0.15) is 0 Å². The molecular weight excluding hydrogens is 237 g/mol. The molecule has 0 aliphatic heterocycles. The summed E-state index contributed by atoms with van der Waals surface area (Å²) in [6.07, 6.45) is 6.33. The molecule has 2 heteroatoms. The van der Waals surface area contributed by atoms with E-state index in [1.54, 1.807) is 12.1 Å². The van der Waals surface area contributed by atoms with Crippen LogP contribution in [0.2, 0.25) is 0 Å². The highest BCUT2D eigenvalue weighted by molar-refractivity contribution is 5.31. The highest BCUT2D eigenvalue weighted by Crippen LogP contribution is 2.42. The Morgan fingerprint density at radius 3 is 2.74 bits per heavy atom. The molecule has 0 spiro atoms. The fourth-order valence-corrected chi connectivity index (χ4v) is 3.71. The summed E-state index contributed by atoms with van der Waals surface area (Å²) in [5, 5.41) is 0. The summed E-state index contributed by atoms with van der Waals surface area (Å²) in [6.45, 7) is 5.03. The molecule has 1 aromatic rings. The Morgan fingerprint density at radius 1 is 1.32 bits per heavy atom. The van der Waals surface area contributed by atoms with Gasteiger partial charge in [-0.05, 0) is 67.3 Å². The zero-order valence-electron chi connectivity index (χ0n) is 12.2. The van der Waals surface area contributed by atoms with Crippen molar-refractivity contribution < 1.29 is 4.39 Å². The lowest BCUT2D eigenvalue weighted by Crippen LogP contribution is -2.29. The van der Waals surface area contributed by atoms with Crippen molar-refractivity contribution in [1.82, 2.24) is 0 Å². The standard InChI is InChI=1S/C17H26FN/c1-3-4-13-5-6-14(11-19)17(10-13)16-8-7-15(18)9-12(16)2/h7-9,13-14,17H,3-6,10-11,19H2,1-2H3. The molecule has 3 atom stereocenters. The minimum absolute atomic E-state index is 0.133. The van der Waals surface area contributed by atoms with Crippen molar-refractivity contribution >= 4 is 0 Å². The highest BCUT2D eigenvalue weighted by atomic mass is 19.1. The maximum atomic E-state index is 13.3. The number of halogens is 1. The summed E-state index contributed by atoms with van der Waals surface area (Å²) >= 11 is 0. The zero-order valence-corrected chi connectivity index (χ0v) is 12.2. The monoisotopic (exact) mass is 263 g/mol. The molecule has 0 saturated heterocycles. The Bertz CT molecular complexity index is 416. The smallest absolute Gasteiger partial charge is 0.123 e. The predicted octanol–water partition coefficient (Wildman–Crippen LogP) is 4.39. The summed E-state index contributed by atoms with van der Waals surface area (Å²) in [5.41, 5.74) is 8.36. The Balaban J connectivity index is 2.22. The molecule has 19 heavy (non-hydrogen) atoms. The van der Waals surface area contributed by atoms with Crippen molar-refractivity contribution in [3.63, 3.8) is 0 Å². The summed E-state index contributed by atoms with van der Waals surface area (Å²) in [7, 11) is 0. The fourth-order valence-electron chi connectivity index (χ4n) is 3.71. The van der Waals surface area contributed by atoms with Gasteiger partial charge in [-0.25, -0.2) is 4.39 Å². The van der Waals surface area contributed by atoms with Gasteiger partial charge in [0.2, 0.25) is 0 Å². The van der Waals surface area contributed by atoms with E-state index in [0.717, 1.165) is 18.0 Å². The van der Waals surface area contributed by atoms with E-state index in [1.165, 1.54) is 37.7 Å². The number of aryl methyl sites for hydroxylation is 1. The summed E-state index contributed by atoms with van der Waals surface area (Å²) in [4.78, 5) is 0. The molecule has 0 amide bonds. The van der Waals surface area contributed by atoms with Crippen molar-refractivity contribution in [2.45, 2.75) is 51.9 Å². The van der Waals surface area contributed by atoms with Crippen LogP contribution < -0.4 is 5.73 Å². The minimum Gasteiger partial charge on any atom is -0.330 e. The van der Waals surface area contributed by atoms with Crippen molar-refractivity contribution in [1.29, 1.82) is 0 Å². The van der Waals surface area contributed by atoms with Gasteiger partial charge in [0.25, 0.3) is 0 Å². The van der Waals surface area contributed by atoms with Crippen LogP contribution in [0.15, 0.2) is 18.2 Å². The highest BCUT2D eigenvalue weighted by Gasteiger charge is 2.31. The topological polar surface area (TPSA) is 26.0 Å². The average Bonchev–Trinajstić information content (AvgIpc) is 2.39. The average molecular weight is 263 g/mol. The van der Waals surface area contributed by atoms with Crippen LogP contribution in [0, 0.1) is 24.6 Å². The quantitative estimate of drug-likeness (QED) is 0.856. The van der Waals surface area contributed by atoms with Gasteiger partial charge in [-0.15, -0.1) is 0 Å². The Hall–Kier alpha value is -0.890. The molecule has 2 N–H and O–H groups in total. The number of rotatable bonds is 4.